The molecule has 1 aromatic rings. The van der Waals surface area contributed by atoms with E-state index < -0.39 is 6.04 Å². The molecule has 2 amide bonds. The van der Waals surface area contributed by atoms with Gasteiger partial charge >= 0.3 is 0 Å². The van der Waals surface area contributed by atoms with Crippen LogP contribution in [-0.4, -0.2) is 42.4 Å². The van der Waals surface area contributed by atoms with Gasteiger partial charge in [-0.15, -0.1) is 12.4 Å². The summed E-state index contributed by atoms with van der Waals surface area (Å²) in [5, 5.41) is 6.47. The predicted octanol–water partition coefficient (Wildman–Crippen LogP) is 2.03. The van der Waals surface area contributed by atoms with Gasteiger partial charge in [0.1, 0.15) is 6.04 Å². The van der Waals surface area contributed by atoms with E-state index in [1.807, 2.05) is 30.3 Å². The van der Waals surface area contributed by atoms with Gasteiger partial charge in [-0.1, -0.05) is 30.3 Å². The van der Waals surface area contributed by atoms with Crippen LogP contribution in [0.1, 0.15) is 43.7 Å². The first-order valence-corrected chi connectivity index (χ1v) is 8.61. The minimum atomic E-state index is -0.501. The molecule has 3 rings (SSSR count). The average molecular weight is 352 g/mol. The fourth-order valence-electron chi connectivity index (χ4n) is 3.45. The van der Waals surface area contributed by atoms with Gasteiger partial charge in [-0.25, -0.2) is 0 Å². The Labute approximate surface area is 149 Å². The topological polar surface area (TPSA) is 61.4 Å². The molecule has 0 saturated carbocycles. The Bertz CT molecular complexity index is 546. The lowest BCUT2D eigenvalue weighted by atomic mass is 9.99. The fraction of sp³-hybridized carbons (Fsp3) is 0.556. The van der Waals surface area contributed by atoms with Crippen molar-refractivity contribution in [2.45, 2.75) is 44.2 Å². The lowest BCUT2D eigenvalue weighted by Crippen LogP contribution is -2.50. The smallest absolute Gasteiger partial charge is 0.247 e. The molecular formula is C18H26ClN3O2. The van der Waals surface area contributed by atoms with E-state index in [0.717, 1.165) is 44.3 Å². The minimum absolute atomic E-state index is 0. The van der Waals surface area contributed by atoms with Gasteiger partial charge in [-0.05, 0) is 44.3 Å². The number of nitrogens with one attached hydrogen (secondary N) is 2. The van der Waals surface area contributed by atoms with E-state index in [1.54, 1.807) is 4.90 Å². The second-order valence-corrected chi connectivity index (χ2v) is 6.39. The molecule has 5 nitrogen and oxygen atoms in total. The van der Waals surface area contributed by atoms with Crippen LogP contribution in [0, 0.1) is 0 Å². The summed E-state index contributed by atoms with van der Waals surface area (Å²) in [5.41, 5.74) is 0.897. The summed E-state index contributed by atoms with van der Waals surface area (Å²) in [7, 11) is 0. The van der Waals surface area contributed by atoms with Crippen molar-refractivity contribution in [3.63, 3.8) is 0 Å². The number of carbonyl (C=O) groups excluding carboxylic acids is 2. The summed E-state index contributed by atoms with van der Waals surface area (Å²) >= 11 is 0. The van der Waals surface area contributed by atoms with Crippen LogP contribution in [-0.2, 0) is 9.59 Å². The molecule has 0 bridgehead atoms. The summed E-state index contributed by atoms with van der Waals surface area (Å²) in [6.45, 7) is 2.53. The first kappa shape index (κ1) is 18.7. The zero-order valence-electron chi connectivity index (χ0n) is 13.9. The second kappa shape index (κ2) is 9.04. The van der Waals surface area contributed by atoms with Crippen LogP contribution >= 0.6 is 12.4 Å². The quantitative estimate of drug-likeness (QED) is 0.872. The second-order valence-electron chi connectivity index (χ2n) is 6.39. The van der Waals surface area contributed by atoms with Crippen LogP contribution < -0.4 is 10.6 Å². The van der Waals surface area contributed by atoms with Crippen molar-refractivity contribution in [1.82, 2.24) is 15.5 Å². The molecule has 1 aromatic carbocycles. The summed E-state index contributed by atoms with van der Waals surface area (Å²) in [5.74, 6) is 0.0453. The molecule has 2 saturated heterocycles. The number of hydrogen-bond donors (Lipinski definition) is 2. The van der Waals surface area contributed by atoms with Crippen LogP contribution in [0.3, 0.4) is 0 Å². The zero-order valence-corrected chi connectivity index (χ0v) is 14.7. The van der Waals surface area contributed by atoms with E-state index in [9.17, 15) is 9.59 Å². The van der Waals surface area contributed by atoms with Gasteiger partial charge in [0, 0.05) is 19.0 Å². The minimum Gasteiger partial charge on any atom is -0.351 e. The van der Waals surface area contributed by atoms with Gasteiger partial charge in [-0.2, -0.15) is 0 Å². The highest BCUT2D eigenvalue weighted by Crippen LogP contribution is 2.26. The lowest BCUT2D eigenvalue weighted by Gasteiger charge is -2.35. The maximum atomic E-state index is 12.9. The number of carbonyl (C=O) groups is 2. The van der Waals surface area contributed by atoms with Crippen LogP contribution in [0.2, 0.25) is 0 Å². The average Bonchev–Trinajstić information content (AvgIpc) is 2.59. The number of piperidine rings is 2. The molecule has 0 radical (unpaired) electrons. The van der Waals surface area contributed by atoms with Gasteiger partial charge in [0.05, 0.1) is 0 Å². The Balaban J connectivity index is 0.00000208. The molecule has 132 valence electrons. The van der Waals surface area contributed by atoms with E-state index in [1.165, 1.54) is 0 Å². The number of likely N-dealkylation sites (tertiary alicyclic amines) is 1. The number of halogens is 1. The summed E-state index contributed by atoms with van der Waals surface area (Å²) in [6, 6.07) is 9.36. The van der Waals surface area contributed by atoms with E-state index in [0.29, 0.717) is 13.0 Å². The standard InChI is InChI=1S/C18H25N3O2.ClH/c22-16-8-4-5-13-21(16)17(14-6-2-1-3-7-14)18(23)20-15-9-11-19-12-10-15;/h1-3,6-7,15,17,19H,4-5,8-13H2,(H,20,23);1H. The van der Waals surface area contributed by atoms with Crippen molar-refractivity contribution in [2.75, 3.05) is 19.6 Å². The Morgan fingerprint density at radius 1 is 1.17 bits per heavy atom. The van der Waals surface area contributed by atoms with Crippen LogP contribution in [0.4, 0.5) is 0 Å². The van der Waals surface area contributed by atoms with Crippen molar-refractivity contribution >= 4 is 24.2 Å². The summed E-state index contributed by atoms with van der Waals surface area (Å²) < 4.78 is 0. The van der Waals surface area contributed by atoms with Gasteiger partial charge in [0.15, 0.2) is 0 Å². The summed E-state index contributed by atoms with van der Waals surface area (Å²) in [6.07, 6.45) is 4.33. The Morgan fingerprint density at radius 3 is 2.54 bits per heavy atom. The largest absolute Gasteiger partial charge is 0.351 e. The zero-order chi connectivity index (χ0) is 16.1. The molecule has 2 fully saturated rings. The number of nitrogens with zero attached hydrogens (tertiary/aromatic N) is 1. The van der Waals surface area contributed by atoms with Crippen molar-refractivity contribution in [2.24, 2.45) is 0 Å². The SMILES string of the molecule is Cl.O=C(NC1CCNCC1)C(c1ccccc1)N1CCCCC1=O. The van der Waals surface area contributed by atoms with Gasteiger partial charge < -0.3 is 15.5 Å². The van der Waals surface area contributed by atoms with Crippen molar-refractivity contribution in [3.8, 4) is 0 Å². The molecule has 1 atom stereocenters. The highest BCUT2D eigenvalue weighted by atomic mass is 35.5. The fourth-order valence-corrected chi connectivity index (χ4v) is 3.45. The molecule has 2 N–H and O–H groups in total. The summed E-state index contributed by atoms with van der Waals surface area (Å²) in [4.78, 5) is 27.0. The maximum absolute atomic E-state index is 12.9. The third-order valence-corrected chi connectivity index (χ3v) is 4.72. The molecule has 0 aromatic heterocycles. The third kappa shape index (κ3) is 4.48. The highest BCUT2D eigenvalue weighted by Gasteiger charge is 2.33. The predicted molar refractivity (Wildman–Crippen MR) is 96.0 cm³/mol. The van der Waals surface area contributed by atoms with Gasteiger partial charge in [0.25, 0.3) is 0 Å². The highest BCUT2D eigenvalue weighted by molar-refractivity contribution is 5.89. The van der Waals surface area contributed by atoms with E-state index in [-0.39, 0.29) is 30.3 Å². The van der Waals surface area contributed by atoms with Crippen LogP contribution in [0.25, 0.3) is 0 Å². The number of benzene rings is 1. The van der Waals surface area contributed by atoms with Crippen molar-refractivity contribution < 1.29 is 9.59 Å². The van der Waals surface area contributed by atoms with E-state index >= 15 is 0 Å². The molecule has 2 aliphatic rings. The first-order valence-electron chi connectivity index (χ1n) is 8.61. The lowest BCUT2D eigenvalue weighted by molar-refractivity contribution is -0.143. The van der Waals surface area contributed by atoms with Crippen LogP contribution in [0.5, 0.6) is 0 Å². The number of hydrogen-bond acceptors (Lipinski definition) is 3. The number of rotatable bonds is 4. The normalized spacial score (nSPS) is 20.2. The molecule has 1 unspecified atom stereocenters. The Kier molecular flexibility index (Phi) is 7.06. The molecule has 2 aliphatic heterocycles. The molecule has 6 heteroatoms. The number of amides is 2. The van der Waals surface area contributed by atoms with Crippen molar-refractivity contribution in [3.05, 3.63) is 35.9 Å². The monoisotopic (exact) mass is 351 g/mol. The molecular weight excluding hydrogens is 326 g/mol. The van der Waals surface area contributed by atoms with Gasteiger partial charge in [-0.3, -0.25) is 9.59 Å². The molecule has 2 heterocycles. The molecule has 0 spiro atoms. The van der Waals surface area contributed by atoms with Crippen LogP contribution in [0.15, 0.2) is 30.3 Å². The van der Waals surface area contributed by atoms with E-state index in [2.05, 4.69) is 10.6 Å². The Hall–Kier alpha value is -1.59. The van der Waals surface area contributed by atoms with E-state index in [4.69, 9.17) is 0 Å². The molecule has 0 aliphatic carbocycles. The first-order chi connectivity index (χ1) is 11.3. The Morgan fingerprint density at radius 2 is 1.88 bits per heavy atom. The van der Waals surface area contributed by atoms with Gasteiger partial charge in [0.2, 0.25) is 11.8 Å². The maximum Gasteiger partial charge on any atom is 0.247 e. The molecule has 24 heavy (non-hydrogen) atoms. The van der Waals surface area contributed by atoms with Crippen molar-refractivity contribution in [1.29, 1.82) is 0 Å². The third-order valence-electron chi connectivity index (χ3n) is 4.72.